The van der Waals surface area contributed by atoms with E-state index in [-0.39, 0.29) is 10.8 Å². The number of benzene rings is 1. The molecule has 0 unspecified atom stereocenters. The van der Waals surface area contributed by atoms with Gasteiger partial charge >= 0.3 is 0 Å². The highest BCUT2D eigenvalue weighted by Crippen LogP contribution is 2.28. The molecule has 0 saturated carbocycles. The van der Waals surface area contributed by atoms with E-state index in [1.165, 1.54) is 6.07 Å². The second kappa shape index (κ2) is 6.25. The molecule has 7 heteroatoms. The van der Waals surface area contributed by atoms with Crippen molar-refractivity contribution in [3.8, 4) is 5.75 Å². The van der Waals surface area contributed by atoms with Gasteiger partial charge in [0, 0.05) is 0 Å². The van der Waals surface area contributed by atoms with Crippen molar-refractivity contribution in [2.24, 2.45) is 0 Å². The van der Waals surface area contributed by atoms with Crippen molar-refractivity contribution in [2.75, 3.05) is 11.3 Å². The maximum absolute atomic E-state index is 12.2. The minimum Gasteiger partial charge on any atom is -0.492 e. The van der Waals surface area contributed by atoms with Gasteiger partial charge in [-0.2, -0.15) is 0 Å². The first-order valence-corrected chi connectivity index (χ1v) is 8.36. The van der Waals surface area contributed by atoms with E-state index in [4.69, 9.17) is 9.84 Å². The van der Waals surface area contributed by atoms with E-state index in [1.807, 2.05) is 6.92 Å². The third-order valence-electron chi connectivity index (χ3n) is 2.51. The van der Waals surface area contributed by atoms with Gasteiger partial charge in [-0.15, -0.1) is 11.3 Å². The van der Waals surface area contributed by atoms with E-state index in [0.29, 0.717) is 23.6 Å². The van der Waals surface area contributed by atoms with Gasteiger partial charge in [-0.25, -0.2) is 8.42 Å². The zero-order valence-electron chi connectivity index (χ0n) is 10.9. The predicted molar refractivity (Wildman–Crippen MR) is 78.7 cm³/mol. The number of ether oxygens (including phenoxy) is 1. The second-order valence-corrected chi connectivity index (χ2v) is 6.79. The molecule has 1 aromatic carbocycles. The first kappa shape index (κ1) is 14.8. The normalized spacial score (nSPS) is 11.3. The number of hydrogen-bond donors (Lipinski definition) is 2. The van der Waals surface area contributed by atoms with Gasteiger partial charge in [0.25, 0.3) is 10.0 Å². The maximum atomic E-state index is 12.2. The summed E-state index contributed by atoms with van der Waals surface area (Å²) >= 11 is 1.07. The molecule has 0 atom stereocenters. The van der Waals surface area contributed by atoms with Crippen LogP contribution in [-0.4, -0.2) is 20.1 Å². The molecular formula is C13H15NO4S2. The van der Waals surface area contributed by atoms with E-state index in [0.717, 1.165) is 11.3 Å². The standard InChI is InChI=1S/C13H15NO4S2/c1-2-18-12-6-4-3-5-11(12)14-20(16,17)13-7-10(8-15)9-19-13/h3-7,9,14-15H,2,8H2,1H3. The van der Waals surface area contributed by atoms with E-state index in [2.05, 4.69) is 4.72 Å². The van der Waals surface area contributed by atoms with Crippen molar-refractivity contribution in [2.45, 2.75) is 17.7 Å². The monoisotopic (exact) mass is 313 g/mol. The average Bonchev–Trinajstić information content (AvgIpc) is 2.91. The highest BCUT2D eigenvalue weighted by molar-refractivity contribution is 7.94. The molecule has 0 bridgehead atoms. The molecule has 108 valence electrons. The summed E-state index contributed by atoms with van der Waals surface area (Å²) in [6.45, 7) is 2.10. The molecule has 0 saturated heterocycles. The van der Waals surface area contributed by atoms with Crippen LogP contribution in [0.2, 0.25) is 0 Å². The summed E-state index contributed by atoms with van der Waals surface area (Å²) < 4.78 is 32.5. The molecular weight excluding hydrogens is 298 g/mol. The van der Waals surface area contributed by atoms with Crippen LogP contribution < -0.4 is 9.46 Å². The molecule has 5 nitrogen and oxygen atoms in total. The summed E-state index contributed by atoms with van der Waals surface area (Å²) in [5, 5.41) is 10.6. The number of anilines is 1. The lowest BCUT2D eigenvalue weighted by atomic mass is 10.3. The molecule has 0 aliphatic rings. The molecule has 2 rings (SSSR count). The van der Waals surface area contributed by atoms with Gasteiger partial charge in [0.05, 0.1) is 18.9 Å². The topological polar surface area (TPSA) is 75.6 Å². The SMILES string of the molecule is CCOc1ccccc1NS(=O)(=O)c1cc(CO)cs1. The molecule has 0 aliphatic carbocycles. The Morgan fingerprint density at radius 1 is 1.35 bits per heavy atom. The third kappa shape index (κ3) is 3.30. The lowest BCUT2D eigenvalue weighted by molar-refractivity contribution is 0.282. The first-order valence-electron chi connectivity index (χ1n) is 5.99. The molecule has 1 heterocycles. The fourth-order valence-electron chi connectivity index (χ4n) is 1.60. The van der Waals surface area contributed by atoms with Crippen LogP contribution in [0.4, 0.5) is 5.69 Å². The largest absolute Gasteiger partial charge is 0.492 e. The number of rotatable bonds is 6. The Morgan fingerprint density at radius 2 is 2.10 bits per heavy atom. The van der Waals surface area contributed by atoms with Crippen LogP contribution in [0.5, 0.6) is 5.75 Å². The molecule has 2 aromatic rings. The fraction of sp³-hybridized carbons (Fsp3) is 0.231. The van der Waals surface area contributed by atoms with Crippen molar-refractivity contribution in [1.82, 2.24) is 0 Å². The van der Waals surface area contributed by atoms with Gasteiger partial charge in [0.1, 0.15) is 9.96 Å². The minimum absolute atomic E-state index is 0.160. The van der Waals surface area contributed by atoms with Crippen LogP contribution in [0.1, 0.15) is 12.5 Å². The van der Waals surface area contributed by atoms with Gasteiger partial charge in [0.15, 0.2) is 0 Å². The summed E-state index contributed by atoms with van der Waals surface area (Å²) in [5.41, 5.74) is 0.974. The average molecular weight is 313 g/mol. The second-order valence-electron chi connectivity index (χ2n) is 3.97. The van der Waals surface area contributed by atoms with Gasteiger partial charge in [0.2, 0.25) is 0 Å². The Morgan fingerprint density at radius 3 is 2.75 bits per heavy atom. The Labute approximate surface area is 121 Å². The summed E-state index contributed by atoms with van der Waals surface area (Å²) in [6.07, 6.45) is 0. The minimum atomic E-state index is -3.67. The van der Waals surface area contributed by atoms with Crippen molar-refractivity contribution in [3.05, 3.63) is 41.3 Å². The van der Waals surface area contributed by atoms with E-state index in [1.54, 1.807) is 29.6 Å². The van der Waals surface area contributed by atoms with Crippen LogP contribution in [-0.2, 0) is 16.6 Å². The van der Waals surface area contributed by atoms with E-state index >= 15 is 0 Å². The van der Waals surface area contributed by atoms with Crippen LogP contribution in [0, 0.1) is 0 Å². The maximum Gasteiger partial charge on any atom is 0.271 e. The molecule has 0 spiro atoms. The van der Waals surface area contributed by atoms with Gasteiger partial charge in [-0.3, -0.25) is 4.72 Å². The molecule has 0 amide bonds. The zero-order chi connectivity index (χ0) is 14.6. The molecule has 0 radical (unpaired) electrons. The Kier molecular flexibility index (Phi) is 4.64. The van der Waals surface area contributed by atoms with Crippen LogP contribution >= 0.6 is 11.3 Å². The van der Waals surface area contributed by atoms with E-state index in [9.17, 15) is 8.42 Å². The van der Waals surface area contributed by atoms with E-state index < -0.39 is 10.0 Å². The summed E-state index contributed by atoms with van der Waals surface area (Å²) in [5.74, 6) is 0.484. The number of hydrogen-bond acceptors (Lipinski definition) is 5. The Bertz CT molecular complexity index is 679. The summed E-state index contributed by atoms with van der Waals surface area (Å²) in [4.78, 5) is 0. The van der Waals surface area contributed by atoms with Crippen molar-refractivity contribution in [3.63, 3.8) is 0 Å². The van der Waals surface area contributed by atoms with Crippen LogP contribution in [0.15, 0.2) is 39.9 Å². The molecule has 20 heavy (non-hydrogen) atoms. The smallest absolute Gasteiger partial charge is 0.271 e. The number of para-hydroxylation sites is 2. The first-order chi connectivity index (χ1) is 9.56. The fourth-order valence-corrected chi connectivity index (χ4v) is 3.88. The number of aliphatic hydroxyl groups is 1. The zero-order valence-corrected chi connectivity index (χ0v) is 12.5. The van der Waals surface area contributed by atoms with Gasteiger partial charge in [-0.1, -0.05) is 12.1 Å². The van der Waals surface area contributed by atoms with Crippen LogP contribution in [0.3, 0.4) is 0 Å². The number of thiophene rings is 1. The summed E-state index contributed by atoms with van der Waals surface area (Å²) in [7, 11) is -3.67. The lowest BCUT2D eigenvalue weighted by Gasteiger charge is -2.11. The summed E-state index contributed by atoms with van der Waals surface area (Å²) in [6, 6.07) is 8.31. The molecule has 1 aromatic heterocycles. The highest BCUT2D eigenvalue weighted by atomic mass is 32.2. The predicted octanol–water partition coefficient (Wildman–Crippen LogP) is 2.44. The molecule has 2 N–H and O–H groups in total. The Balaban J connectivity index is 2.28. The number of aliphatic hydroxyl groups excluding tert-OH is 1. The molecule has 0 aliphatic heterocycles. The highest BCUT2D eigenvalue weighted by Gasteiger charge is 2.18. The van der Waals surface area contributed by atoms with Crippen molar-refractivity contribution >= 4 is 27.0 Å². The number of nitrogens with one attached hydrogen (secondary N) is 1. The lowest BCUT2D eigenvalue weighted by Crippen LogP contribution is -2.12. The number of sulfonamides is 1. The quantitative estimate of drug-likeness (QED) is 0.859. The Hall–Kier alpha value is -1.57. The molecule has 0 fully saturated rings. The van der Waals surface area contributed by atoms with Crippen LogP contribution in [0.25, 0.3) is 0 Å². The van der Waals surface area contributed by atoms with Gasteiger partial charge in [-0.05, 0) is 36.1 Å². The van der Waals surface area contributed by atoms with Gasteiger partial charge < -0.3 is 9.84 Å². The van der Waals surface area contributed by atoms with Crippen molar-refractivity contribution < 1.29 is 18.3 Å². The van der Waals surface area contributed by atoms with Crippen molar-refractivity contribution in [1.29, 1.82) is 0 Å². The third-order valence-corrected chi connectivity index (χ3v) is 5.36.